The fourth-order valence-electron chi connectivity index (χ4n) is 1.74. The second-order valence-corrected chi connectivity index (χ2v) is 6.35. The number of primary sulfonamides is 1. The molecule has 21 heavy (non-hydrogen) atoms. The second-order valence-electron chi connectivity index (χ2n) is 4.82. The van der Waals surface area contributed by atoms with Crippen molar-refractivity contribution in [2.45, 2.75) is 18.7 Å². The van der Waals surface area contributed by atoms with Crippen molar-refractivity contribution in [3.05, 3.63) is 17.7 Å². The van der Waals surface area contributed by atoms with Crippen molar-refractivity contribution >= 4 is 15.9 Å². The third-order valence-electron chi connectivity index (χ3n) is 2.71. The van der Waals surface area contributed by atoms with Crippen molar-refractivity contribution in [1.82, 2.24) is 5.32 Å². The van der Waals surface area contributed by atoms with Gasteiger partial charge in [0.2, 0.25) is 10.0 Å². The molecule has 0 heterocycles. The number of nitrogens with one attached hydrogen (secondary N) is 1. The van der Waals surface area contributed by atoms with Crippen LogP contribution in [0.15, 0.2) is 17.0 Å². The zero-order valence-electron chi connectivity index (χ0n) is 12.5. The van der Waals surface area contributed by atoms with Crippen LogP contribution in [-0.4, -0.2) is 35.1 Å². The van der Waals surface area contributed by atoms with E-state index in [1.807, 2.05) is 13.8 Å². The van der Waals surface area contributed by atoms with Crippen LogP contribution in [0, 0.1) is 5.92 Å². The summed E-state index contributed by atoms with van der Waals surface area (Å²) in [5.41, 5.74) is 0.00664. The number of rotatable bonds is 6. The van der Waals surface area contributed by atoms with Gasteiger partial charge in [-0.2, -0.15) is 0 Å². The number of benzene rings is 1. The minimum atomic E-state index is -4.02. The Morgan fingerprint density at radius 3 is 2.33 bits per heavy atom. The van der Waals surface area contributed by atoms with E-state index in [2.05, 4.69) is 5.32 Å². The Morgan fingerprint density at radius 2 is 1.90 bits per heavy atom. The van der Waals surface area contributed by atoms with Gasteiger partial charge in [0.1, 0.15) is 16.2 Å². The van der Waals surface area contributed by atoms with Crippen molar-refractivity contribution in [1.29, 1.82) is 0 Å². The van der Waals surface area contributed by atoms with Crippen LogP contribution in [-0.2, 0) is 10.0 Å². The summed E-state index contributed by atoms with van der Waals surface area (Å²) in [6, 6.07) is 2.61. The van der Waals surface area contributed by atoms with Crippen molar-refractivity contribution in [3.63, 3.8) is 0 Å². The zero-order valence-corrected chi connectivity index (χ0v) is 13.3. The first-order chi connectivity index (χ1) is 9.72. The van der Waals surface area contributed by atoms with Crippen LogP contribution >= 0.6 is 0 Å². The number of amides is 1. The Morgan fingerprint density at radius 1 is 1.29 bits per heavy atom. The fourth-order valence-corrected chi connectivity index (χ4v) is 2.44. The van der Waals surface area contributed by atoms with Gasteiger partial charge in [0.15, 0.2) is 5.75 Å². The first-order valence-electron chi connectivity index (χ1n) is 6.28. The molecule has 0 fully saturated rings. The summed E-state index contributed by atoms with van der Waals surface area (Å²) in [6.07, 6.45) is 0. The molecule has 7 nitrogen and oxygen atoms in total. The van der Waals surface area contributed by atoms with Crippen LogP contribution in [0.2, 0.25) is 0 Å². The molecule has 1 rings (SSSR count). The number of carbonyl (C=O) groups is 1. The van der Waals surface area contributed by atoms with Gasteiger partial charge in [-0.1, -0.05) is 13.8 Å². The number of carbonyl (C=O) groups excluding carboxylic acids is 1. The zero-order chi connectivity index (χ0) is 16.2. The average molecular weight is 316 g/mol. The molecule has 1 amide bonds. The number of hydrogen-bond donors (Lipinski definition) is 2. The Hall–Kier alpha value is -1.80. The van der Waals surface area contributed by atoms with Crippen molar-refractivity contribution < 1.29 is 22.7 Å². The highest BCUT2D eigenvalue weighted by molar-refractivity contribution is 7.89. The molecule has 1 aromatic rings. The van der Waals surface area contributed by atoms with E-state index in [1.54, 1.807) is 0 Å². The fraction of sp³-hybridized carbons (Fsp3) is 0.462. The summed E-state index contributed by atoms with van der Waals surface area (Å²) in [5, 5.41) is 7.83. The predicted octanol–water partition coefficient (Wildman–Crippen LogP) is 0.737. The summed E-state index contributed by atoms with van der Waals surface area (Å²) in [6.45, 7) is 4.32. The molecule has 0 aromatic heterocycles. The second kappa shape index (κ2) is 6.77. The van der Waals surface area contributed by atoms with Gasteiger partial charge in [0, 0.05) is 6.54 Å². The minimum absolute atomic E-state index is 0.00664. The van der Waals surface area contributed by atoms with Crippen LogP contribution in [0.3, 0.4) is 0 Å². The van der Waals surface area contributed by atoms with E-state index in [9.17, 15) is 13.2 Å². The van der Waals surface area contributed by atoms with E-state index in [1.165, 1.54) is 26.4 Å². The van der Waals surface area contributed by atoms with Gasteiger partial charge in [0.25, 0.3) is 5.91 Å². The number of methoxy groups -OCH3 is 2. The molecule has 118 valence electrons. The molecule has 0 saturated heterocycles. The molecule has 0 atom stereocenters. The summed E-state index contributed by atoms with van der Waals surface area (Å²) in [4.78, 5) is 12.0. The third-order valence-corrected chi connectivity index (χ3v) is 3.65. The highest BCUT2D eigenvalue weighted by Gasteiger charge is 2.26. The van der Waals surface area contributed by atoms with Crippen LogP contribution in [0.1, 0.15) is 24.2 Å². The van der Waals surface area contributed by atoms with Gasteiger partial charge in [-0.3, -0.25) is 4.79 Å². The maximum atomic E-state index is 12.3. The molecule has 3 N–H and O–H groups in total. The lowest BCUT2D eigenvalue weighted by Crippen LogP contribution is -2.28. The van der Waals surface area contributed by atoms with Crippen molar-refractivity contribution in [3.8, 4) is 11.5 Å². The lowest BCUT2D eigenvalue weighted by molar-refractivity contribution is 0.0942. The number of ether oxygens (including phenoxy) is 2. The molecular formula is C13H20N2O5S. The van der Waals surface area contributed by atoms with Gasteiger partial charge >= 0.3 is 0 Å². The first-order valence-corrected chi connectivity index (χ1v) is 7.83. The Balaban J connectivity index is 3.42. The van der Waals surface area contributed by atoms with E-state index >= 15 is 0 Å². The quantitative estimate of drug-likeness (QED) is 0.804. The molecule has 0 aliphatic heterocycles. The van der Waals surface area contributed by atoms with Gasteiger partial charge in [-0.05, 0) is 18.1 Å². The van der Waals surface area contributed by atoms with E-state index in [0.29, 0.717) is 6.54 Å². The summed E-state index contributed by atoms with van der Waals surface area (Å²) in [7, 11) is -1.37. The highest BCUT2D eigenvalue weighted by atomic mass is 32.2. The Bertz CT molecular complexity index is 626. The summed E-state index contributed by atoms with van der Waals surface area (Å²) >= 11 is 0. The van der Waals surface area contributed by atoms with Crippen molar-refractivity contribution in [2.24, 2.45) is 11.1 Å². The number of nitrogens with two attached hydrogens (primary N) is 1. The van der Waals surface area contributed by atoms with Crippen molar-refractivity contribution in [2.75, 3.05) is 20.8 Å². The normalized spacial score (nSPS) is 11.3. The molecule has 8 heteroatoms. The summed E-state index contributed by atoms with van der Waals surface area (Å²) < 4.78 is 33.3. The van der Waals surface area contributed by atoms with Gasteiger partial charge in [-0.25, -0.2) is 13.6 Å². The lowest BCUT2D eigenvalue weighted by Gasteiger charge is -2.16. The largest absolute Gasteiger partial charge is 0.496 e. The smallest absolute Gasteiger partial charge is 0.258 e. The predicted molar refractivity (Wildman–Crippen MR) is 78.1 cm³/mol. The third kappa shape index (κ3) is 4.08. The monoisotopic (exact) mass is 316 g/mol. The highest BCUT2D eigenvalue weighted by Crippen LogP contribution is 2.34. The molecule has 0 spiro atoms. The van der Waals surface area contributed by atoms with Crippen LogP contribution in [0.4, 0.5) is 0 Å². The van der Waals surface area contributed by atoms with E-state index in [-0.39, 0.29) is 27.9 Å². The number of hydrogen-bond acceptors (Lipinski definition) is 5. The van der Waals surface area contributed by atoms with Crippen LogP contribution in [0.25, 0.3) is 0 Å². The Labute approximate surface area is 124 Å². The van der Waals surface area contributed by atoms with Crippen LogP contribution in [0.5, 0.6) is 11.5 Å². The molecule has 0 saturated carbocycles. The lowest BCUT2D eigenvalue weighted by atomic mass is 10.1. The van der Waals surface area contributed by atoms with Crippen LogP contribution < -0.4 is 19.9 Å². The first kappa shape index (κ1) is 17.3. The van der Waals surface area contributed by atoms with Gasteiger partial charge in [-0.15, -0.1) is 0 Å². The Kier molecular flexibility index (Phi) is 5.56. The SMILES string of the molecule is COc1ccc(S(N)(=O)=O)c(OC)c1C(=O)NCC(C)C. The molecule has 0 bridgehead atoms. The van der Waals surface area contributed by atoms with E-state index < -0.39 is 15.9 Å². The molecular weight excluding hydrogens is 296 g/mol. The standard InChI is InChI=1S/C13H20N2O5S/c1-8(2)7-15-13(16)11-9(19-3)5-6-10(12(11)20-4)21(14,17)18/h5-6,8H,7H2,1-4H3,(H,15,16)(H2,14,17,18). The molecule has 1 aromatic carbocycles. The number of sulfonamides is 1. The maximum absolute atomic E-state index is 12.3. The molecule has 0 aliphatic carbocycles. The molecule has 0 aliphatic rings. The minimum Gasteiger partial charge on any atom is -0.496 e. The maximum Gasteiger partial charge on any atom is 0.258 e. The van der Waals surface area contributed by atoms with Gasteiger partial charge in [0.05, 0.1) is 14.2 Å². The van der Waals surface area contributed by atoms with E-state index in [0.717, 1.165) is 0 Å². The van der Waals surface area contributed by atoms with Gasteiger partial charge < -0.3 is 14.8 Å². The average Bonchev–Trinajstić information content (AvgIpc) is 2.41. The molecule has 0 unspecified atom stereocenters. The summed E-state index contributed by atoms with van der Waals surface area (Å²) in [5.74, 6) is -0.158. The molecule has 0 radical (unpaired) electrons. The topological polar surface area (TPSA) is 108 Å². The van der Waals surface area contributed by atoms with E-state index in [4.69, 9.17) is 14.6 Å².